The molecule has 2 aromatic rings. The molecular weight excluding hydrogens is 289 g/mol. The van der Waals surface area contributed by atoms with Gasteiger partial charge in [-0.2, -0.15) is 5.10 Å². The molecule has 1 saturated heterocycles. The van der Waals surface area contributed by atoms with Crippen LogP contribution in [0.3, 0.4) is 0 Å². The van der Waals surface area contributed by atoms with E-state index in [9.17, 15) is 14.0 Å². The lowest BCUT2D eigenvalue weighted by molar-refractivity contribution is -0.141. The summed E-state index contributed by atoms with van der Waals surface area (Å²) >= 11 is 0. The third-order valence-corrected chi connectivity index (χ3v) is 3.73. The largest absolute Gasteiger partial charge is 0.480 e. The van der Waals surface area contributed by atoms with E-state index >= 15 is 0 Å². The SMILES string of the molecule is O=C(O)[C@@H]1CCCN1C(=O)c1cnn(-c2ccccc2F)c1. The molecule has 0 unspecified atom stereocenters. The lowest BCUT2D eigenvalue weighted by Crippen LogP contribution is -2.40. The van der Waals surface area contributed by atoms with Gasteiger partial charge >= 0.3 is 5.97 Å². The van der Waals surface area contributed by atoms with Crippen molar-refractivity contribution in [1.29, 1.82) is 0 Å². The number of halogens is 1. The number of para-hydroxylation sites is 1. The van der Waals surface area contributed by atoms with Crippen molar-refractivity contribution in [3.8, 4) is 5.69 Å². The molecule has 6 nitrogen and oxygen atoms in total. The Bertz CT molecular complexity index is 728. The predicted octanol–water partition coefficient (Wildman–Crippen LogP) is 1.70. The summed E-state index contributed by atoms with van der Waals surface area (Å²) in [6.45, 7) is 0.403. The van der Waals surface area contributed by atoms with E-state index in [1.807, 2.05) is 0 Å². The maximum atomic E-state index is 13.7. The summed E-state index contributed by atoms with van der Waals surface area (Å²) in [5.41, 5.74) is 0.481. The van der Waals surface area contributed by atoms with E-state index in [1.54, 1.807) is 18.2 Å². The number of carboxylic acids is 1. The highest BCUT2D eigenvalue weighted by Crippen LogP contribution is 2.21. The van der Waals surface area contributed by atoms with Crippen LogP contribution in [0.2, 0.25) is 0 Å². The van der Waals surface area contributed by atoms with E-state index in [4.69, 9.17) is 5.11 Å². The Balaban J connectivity index is 1.86. The van der Waals surface area contributed by atoms with Crippen molar-refractivity contribution < 1.29 is 19.1 Å². The first-order valence-corrected chi connectivity index (χ1v) is 6.91. The predicted molar refractivity (Wildman–Crippen MR) is 75.2 cm³/mol. The second-order valence-electron chi connectivity index (χ2n) is 5.12. The highest BCUT2D eigenvalue weighted by atomic mass is 19.1. The lowest BCUT2D eigenvalue weighted by atomic mass is 10.2. The van der Waals surface area contributed by atoms with Crippen LogP contribution in [0.1, 0.15) is 23.2 Å². The van der Waals surface area contributed by atoms with E-state index in [2.05, 4.69) is 5.10 Å². The molecule has 1 aromatic carbocycles. The monoisotopic (exact) mass is 303 g/mol. The number of aromatic nitrogens is 2. The molecule has 114 valence electrons. The van der Waals surface area contributed by atoms with E-state index < -0.39 is 23.7 Å². The van der Waals surface area contributed by atoms with Crippen LogP contribution in [0.15, 0.2) is 36.7 Å². The molecule has 1 fully saturated rings. The van der Waals surface area contributed by atoms with Gasteiger partial charge in [-0.3, -0.25) is 4.79 Å². The maximum absolute atomic E-state index is 13.7. The van der Waals surface area contributed by atoms with Gasteiger partial charge in [-0.1, -0.05) is 12.1 Å². The summed E-state index contributed by atoms with van der Waals surface area (Å²) in [6, 6.07) is 5.29. The second-order valence-corrected chi connectivity index (χ2v) is 5.12. The van der Waals surface area contributed by atoms with Crippen LogP contribution in [-0.2, 0) is 4.79 Å². The molecule has 0 saturated carbocycles. The Morgan fingerprint density at radius 3 is 2.82 bits per heavy atom. The third kappa shape index (κ3) is 2.45. The van der Waals surface area contributed by atoms with E-state index in [0.717, 1.165) is 0 Å². The molecule has 1 atom stereocenters. The molecule has 7 heteroatoms. The molecule has 1 N–H and O–H groups in total. The molecule has 0 radical (unpaired) electrons. The number of rotatable bonds is 3. The summed E-state index contributed by atoms with van der Waals surface area (Å²) in [5, 5.41) is 13.1. The van der Waals surface area contributed by atoms with Gasteiger partial charge < -0.3 is 10.0 Å². The quantitative estimate of drug-likeness (QED) is 0.936. The van der Waals surface area contributed by atoms with Crippen molar-refractivity contribution >= 4 is 11.9 Å². The normalized spacial score (nSPS) is 17.7. The van der Waals surface area contributed by atoms with Gasteiger partial charge in [0.1, 0.15) is 17.5 Å². The Hall–Kier alpha value is -2.70. The fraction of sp³-hybridized carbons (Fsp3) is 0.267. The summed E-state index contributed by atoms with van der Waals surface area (Å²) in [5.74, 6) is -1.85. The Labute approximate surface area is 125 Å². The van der Waals surface area contributed by atoms with Gasteiger partial charge in [0.05, 0.1) is 11.8 Å². The molecule has 0 spiro atoms. The van der Waals surface area contributed by atoms with E-state index in [0.29, 0.717) is 19.4 Å². The molecule has 22 heavy (non-hydrogen) atoms. The molecule has 1 aromatic heterocycles. The first kappa shape index (κ1) is 14.2. The van der Waals surface area contributed by atoms with Crippen molar-refractivity contribution in [3.63, 3.8) is 0 Å². The number of nitrogens with zero attached hydrogens (tertiary/aromatic N) is 3. The summed E-state index contributed by atoms with van der Waals surface area (Å²) in [4.78, 5) is 24.9. The molecule has 3 rings (SSSR count). The zero-order chi connectivity index (χ0) is 15.7. The first-order valence-electron chi connectivity index (χ1n) is 6.91. The fourth-order valence-corrected chi connectivity index (χ4v) is 2.63. The van der Waals surface area contributed by atoms with E-state index in [1.165, 1.54) is 28.0 Å². The molecule has 2 heterocycles. The van der Waals surface area contributed by atoms with Gasteiger partial charge in [-0.15, -0.1) is 0 Å². The van der Waals surface area contributed by atoms with Crippen molar-refractivity contribution in [2.45, 2.75) is 18.9 Å². The average Bonchev–Trinajstić information content (AvgIpc) is 3.16. The molecule has 1 aliphatic rings. The van der Waals surface area contributed by atoms with Crippen LogP contribution in [0.4, 0.5) is 4.39 Å². The number of carboxylic acid groups (broad SMARTS) is 1. The Morgan fingerprint density at radius 1 is 1.32 bits per heavy atom. The minimum atomic E-state index is -1.01. The number of aliphatic carboxylic acids is 1. The lowest BCUT2D eigenvalue weighted by Gasteiger charge is -2.20. The first-order chi connectivity index (χ1) is 10.6. The number of amides is 1. The number of carbonyl (C=O) groups is 2. The van der Waals surface area contributed by atoms with Crippen LogP contribution < -0.4 is 0 Å². The smallest absolute Gasteiger partial charge is 0.326 e. The zero-order valence-corrected chi connectivity index (χ0v) is 11.6. The Kier molecular flexibility index (Phi) is 3.62. The zero-order valence-electron chi connectivity index (χ0n) is 11.6. The van der Waals surface area contributed by atoms with E-state index in [-0.39, 0.29) is 11.3 Å². The van der Waals surface area contributed by atoms with Crippen molar-refractivity contribution in [2.24, 2.45) is 0 Å². The van der Waals surface area contributed by atoms with Gasteiger partial charge in [0.2, 0.25) is 0 Å². The standard InChI is InChI=1S/C15H14FN3O3/c16-11-4-1-2-5-12(11)19-9-10(8-17-19)14(20)18-7-3-6-13(18)15(21)22/h1-2,4-5,8-9,13H,3,6-7H2,(H,21,22)/t13-/m0/s1. The van der Waals surface area contributed by atoms with Gasteiger partial charge in [0.15, 0.2) is 0 Å². The van der Waals surface area contributed by atoms with Crippen molar-refractivity contribution in [3.05, 3.63) is 48.0 Å². The number of likely N-dealkylation sites (tertiary alicyclic amines) is 1. The number of hydrogen-bond acceptors (Lipinski definition) is 3. The van der Waals surface area contributed by atoms with Gasteiger partial charge in [-0.05, 0) is 25.0 Å². The maximum Gasteiger partial charge on any atom is 0.326 e. The van der Waals surface area contributed by atoms with Crippen LogP contribution in [0, 0.1) is 5.82 Å². The van der Waals surface area contributed by atoms with Gasteiger partial charge in [0, 0.05) is 12.7 Å². The summed E-state index contributed by atoms with van der Waals surface area (Å²) in [7, 11) is 0. The highest BCUT2D eigenvalue weighted by Gasteiger charge is 2.34. The minimum absolute atomic E-state index is 0.234. The Morgan fingerprint density at radius 2 is 2.09 bits per heavy atom. The second kappa shape index (κ2) is 5.59. The number of hydrogen-bond donors (Lipinski definition) is 1. The minimum Gasteiger partial charge on any atom is -0.480 e. The molecule has 0 bridgehead atoms. The molecular formula is C15H14FN3O3. The summed E-state index contributed by atoms with van der Waals surface area (Å²) in [6.07, 6.45) is 3.84. The third-order valence-electron chi connectivity index (χ3n) is 3.73. The summed E-state index contributed by atoms with van der Waals surface area (Å²) < 4.78 is 15.0. The highest BCUT2D eigenvalue weighted by molar-refractivity contribution is 5.96. The number of benzene rings is 1. The average molecular weight is 303 g/mol. The molecule has 1 amide bonds. The topological polar surface area (TPSA) is 75.4 Å². The van der Waals surface area contributed by atoms with Crippen molar-refractivity contribution in [1.82, 2.24) is 14.7 Å². The van der Waals surface area contributed by atoms with Crippen LogP contribution in [0.5, 0.6) is 0 Å². The van der Waals surface area contributed by atoms with Gasteiger partial charge in [0.25, 0.3) is 5.91 Å². The van der Waals surface area contributed by atoms with Crippen molar-refractivity contribution in [2.75, 3.05) is 6.54 Å². The fourth-order valence-electron chi connectivity index (χ4n) is 2.63. The number of carbonyl (C=O) groups excluding carboxylic acids is 1. The van der Waals surface area contributed by atoms with Crippen LogP contribution in [-0.4, -0.2) is 44.3 Å². The van der Waals surface area contributed by atoms with Crippen LogP contribution in [0.25, 0.3) is 5.69 Å². The van der Waals surface area contributed by atoms with Gasteiger partial charge in [-0.25, -0.2) is 13.9 Å². The molecule has 0 aliphatic carbocycles. The van der Waals surface area contributed by atoms with Crippen LogP contribution >= 0.6 is 0 Å². The molecule has 1 aliphatic heterocycles.